The van der Waals surface area contributed by atoms with Crippen LogP contribution < -0.4 is 4.74 Å². The summed E-state index contributed by atoms with van der Waals surface area (Å²) in [5, 5.41) is 8.87. The van der Waals surface area contributed by atoms with E-state index in [1.165, 1.54) is 12.8 Å². The molecule has 19 heavy (non-hydrogen) atoms. The van der Waals surface area contributed by atoms with Crippen LogP contribution in [0, 0.1) is 0 Å². The van der Waals surface area contributed by atoms with Crippen LogP contribution in [0.15, 0.2) is 24.3 Å². The highest BCUT2D eigenvalue weighted by atomic mass is 28.3. The van der Waals surface area contributed by atoms with Gasteiger partial charge in [0.15, 0.2) is 0 Å². The minimum Gasteiger partial charge on any atom is -0.494 e. The van der Waals surface area contributed by atoms with Crippen molar-refractivity contribution in [3.05, 3.63) is 29.8 Å². The topological polar surface area (TPSA) is 46.5 Å². The van der Waals surface area contributed by atoms with Gasteiger partial charge in [0.05, 0.1) is 19.4 Å². The summed E-state index contributed by atoms with van der Waals surface area (Å²) < 4.78 is 6.08. The smallest absolute Gasteiger partial charge is 0.335 e. The molecule has 0 heterocycles. The quantitative estimate of drug-likeness (QED) is 0.761. The molecule has 0 amide bonds. The summed E-state index contributed by atoms with van der Waals surface area (Å²) in [7, 11) is -1.38. The highest BCUT2D eigenvalue weighted by Crippen LogP contribution is 2.22. The molecular formula is C15H24O3Si. The molecule has 0 saturated carbocycles. The van der Waals surface area contributed by atoms with Gasteiger partial charge in [-0.05, 0) is 30.7 Å². The van der Waals surface area contributed by atoms with E-state index in [0.717, 1.165) is 12.2 Å². The molecule has 0 radical (unpaired) electrons. The fourth-order valence-electron chi connectivity index (χ4n) is 1.90. The van der Waals surface area contributed by atoms with Crippen molar-refractivity contribution in [2.75, 3.05) is 0 Å². The predicted octanol–water partition coefficient (Wildman–Crippen LogP) is 4.20. The Morgan fingerprint density at radius 1 is 1.26 bits per heavy atom. The van der Waals surface area contributed by atoms with Crippen molar-refractivity contribution < 1.29 is 14.6 Å². The number of carbonyl (C=O) groups is 1. The molecule has 0 fully saturated rings. The summed E-state index contributed by atoms with van der Waals surface area (Å²) in [6.45, 7) is 9.10. The van der Waals surface area contributed by atoms with Gasteiger partial charge in [-0.1, -0.05) is 39.4 Å². The largest absolute Gasteiger partial charge is 0.494 e. The van der Waals surface area contributed by atoms with Crippen molar-refractivity contribution in [1.29, 1.82) is 0 Å². The van der Waals surface area contributed by atoms with Crippen LogP contribution >= 0.6 is 0 Å². The summed E-state index contributed by atoms with van der Waals surface area (Å²) in [5.74, 6) is -0.132. The van der Waals surface area contributed by atoms with Crippen LogP contribution in [-0.4, -0.2) is 24.9 Å². The predicted molar refractivity (Wildman–Crippen MR) is 80.7 cm³/mol. The number of ether oxygens (including phenoxy) is 1. The maximum atomic E-state index is 10.8. The highest BCUT2D eigenvalue weighted by Gasteiger charge is 2.28. The molecule has 4 heteroatoms. The first-order chi connectivity index (χ1) is 8.84. The van der Waals surface area contributed by atoms with Gasteiger partial charge >= 0.3 is 5.97 Å². The zero-order chi connectivity index (χ0) is 14.5. The third kappa shape index (κ3) is 5.07. The lowest BCUT2D eigenvalue weighted by atomic mass is 10.2. The maximum Gasteiger partial charge on any atom is 0.335 e. The van der Waals surface area contributed by atoms with Crippen LogP contribution in [0.25, 0.3) is 0 Å². The number of hydrogen-bond donors (Lipinski definition) is 1. The van der Waals surface area contributed by atoms with E-state index >= 15 is 0 Å². The molecule has 1 unspecified atom stereocenters. The molecule has 0 bridgehead atoms. The molecule has 1 rings (SSSR count). The van der Waals surface area contributed by atoms with Crippen LogP contribution in [0.2, 0.25) is 19.6 Å². The van der Waals surface area contributed by atoms with Gasteiger partial charge < -0.3 is 9.84 Å². The van der Waals surface area contributed by atoms with E-state index in [2.05, 4.69) is 26.6 Å². The molecule has 0 aromatic heterocycles. The second kappa shape index (κ2) is 6.75. The van der Waals surface area contributed by atoms with Crippen molar-refractivity contribution in [2.45, 2.75) is 51.6 Å². The number of aromatic carboxylic acids is 1. The fourth-order valence-corrected chi connectivity index (χ4v) is 3.46. The average Bonchev–Trinajstić information content (AvgIpc) is 2.33. The number of hydrogen-bond acceptors (Lipinski definition) is 2. The van der Waals surface area contributed by atoms with Crippen molar-refractivity contribution in [3.63, 3.8) is 0 Å². The molecule has 0 spiro atoms. The molecule has 3 nitrogen and oxygen atoms in total. The standard InChI is InChI=1S/C15H24O3Si/c1-5-6-7-14(19(2,3)4)18-13-10-8-12(9-11-13)15(16)17/h8-11,14H,5-7H2,1-4H3,(H,16,17). The van der Waals surface area contributed by atoms with E-state index < -0.39 is 14.0 Å². The van der Waals surface area contributed by atoms with Crippen molar-refractivity contribution in [3.8, 4) is 5.75 Å². The Labute approximate surface area is 116 Å². The van der Waals surface area contributed by atoms with E-state index in [0.29, 0.717) is 5.56 Å². The van der Waals surface area contributed by atoms with Gasteiger partial charge in [0.25, 0.3) is 0 Å². The number of rotatable bonds is 7. The highest BCUT2D eigenvalue weighted by molar-refractivity contribution is 6.77. The minimum absolute atomic E-state index is 0.281. The van der Waals surface area contributed by atoms with Crippen LogP contribution in [0.1, 0.15) is 36.5 Å². The van der Waals surface area contributed by atoms with Crippen LogP contribution in [-0.2, 0) is 0 Å². The van der Waals surface area contributed by atoms with Gasteiger partial charge in [-0.2, -0.15) is 0 Å². The monoisotopic (exact) mass is 280 g/mol. The number of carboxylic acids is 1. The summed E-state index contributed by atoms with van der Waals surface area (Å²) in [6.07, 6.45) is 3.41. The normalized spacial score (nSPS) is 13.1. The average molecular weight is 280 g/mol. The lowest BCUT2D eigenvalue weighted by molar-refractivity contribution is 0.0697. The molecule has 0 aliphatic heterocycles. The Hall–Kier alpha value is -1.29. The molecule has 106 valence electrons. The zero-order valence-corrected chi connectivity index (χ0v) is 13.3. The summed E-state index contributed by atoms with van der Waals surface area (Å²) in [5.41, 5.74) is 0.577. The molecule has 0 aliphatic rings. The van der Waals surface area contributed by atoms with E-state index in [-0.39, 0.29) is 5.73 Å². The lowest BCUT2D eigenvalue weighted by Gasteiger charge is -2.29. The van der Waals surface area contributed by atoms with Gasteiger partial charge in [0, 0.05) is 0 Å². The molecule has 1 aromatic carbocycles. The SMILES string of the molecule is CCCCC(Oc1ccc(C(=O)O)cc1)[Si](C)(C)C. The summed E-state index contributed by atoms with van der Waals surface area (Å²) >= 11 is 0. The first-order valence-corrected chi connectivity index (χ1v) is 10.4. The molecule has 1 aromatic rings. The van der Waals surface area contributed by atoms with Gasteiger partial charge in [-0.3, -0.25) is 0 Å². The molecule has 0 aliphatic carbocycles. The van der Waals surface area contributed by atoms with E-state index in [4.69, 9.17) is 9.84 Å². The second-order valence-corrected chi connectivity index (χ2v) is 11.3. The summed E-state index contributed by atoms with van der Waals surface area (Å²) in [6, 6.07) is 6.70. The Morgan fingerprint density at radius 3 is 2.26 bits per heavy atom. The van der Waals surface area contributed by atoms with E-state index in [1.807, 2.05) is 0 Å². The molecule has 0 saturated heterocycles. The third-order valence-corrected chi connectivity index (χ3v) is 5.50. The van der Waals surface area contributed by atoms with Crippen molar-refractivity contribution in [1.82, 2.24) is 0 Å². The zero-order valence-electron chi connectivity index (χ0n) is 12.3. The third-order valence-electron chi connectivity index (χ3n) is 3.17. The summed E-state index contributed by atoms with van der Waals surface area (Å²) in [4.78, 5) is 10.8. The van der Waals surface area contributed by atoms with Gasteiger partial charge in [0.2, 0.25) is 0 Å². The maximum absolute atomic E-state index is 10.8. The fraction of sp³-hybridized carbons (Fsp3) is 0.533. The first-order valence-electron chi connectivity index (χ1n) is 6.84. The van der Waals surface area contributed by atoms with Crippen LogP contribution in [0.3, 0.4) is 0 Å². The first kappa shape index (κ1) is 15.8. The Bertz CT molecular complexity index is 406. The molecule has 1 N–H and O–H groups in total. The Balaban J connectivity index is 2.75. The number of benzene rings is 1. The van der Waals surface area contributed by atoms with Gasteiger partial charge in [0.1, 0.15) is 5.75 Å². The number of unbranched alkanes of at least 4 members (excludes halogenated alkanes) is 1. The lowest BCUT2D eigenvalue weighted by Crippen LogP contribution is -2.42. The van der Waals surface area contributed by atoms with E-state index in [9.17, 15) is 4.79 Å². The van der Waals surface area contributed by atoms with Gasteiger partial charge in [-0.15, -0.1) is 0 Å². The molecular weight excluding hydrogens is 256 g/mol. The Morgan fingerprint density at radius 2 is 1.84 bits per heavy atom. The van der Waals surface area contributed by atoms with Crippen molar-refractivity contribution in [2.24, 2.45) is 0 Å². The minimum atomic E-state index is -1.38. The van der Waals surface area contributed by atoms with Crippen LogP contribution in [0.5, 0.6) is 5.75 Å². The van der Waals surface area contributed by atoms with Crippen molar-refractivity contribution >= 4 is 14.0 Å². The molecule has 1 atom stereocenters. The number of carboxylic acid groups (broad SMARTS) is 1. The van der Waals surface area contributed by atoms with Crippen LogP contribution in [0.4, 0.5) is 0 Å². The second-order valence-electron chi connectivity index (χ2n) is 5.94. The Kier molecular flexibility index (Phi) is 5.60. The van der Waals surface area contributed by atoms with E-state index in [1.54, 1.807) is 24.3 Å². The van der Waals surface area contributed by atoms with Gasteiger partial charge in [-0.25, -0.2) is 4.79 Å².